The molecule has 1 aliphatic rings. The number of anilines is 1. The Balaban J connectivity index is 1.74. The van der Waals surface area contributed by atoms with Crippen molar-refractivity contribution in [2.24, 2.45) is 5.73 Å². The van der Waals surface area contributed by atoms with E-state index in [0.717, 1.165) is 0 Å². The van der Waals surface area contributed by atoms with Gasteiger partial charge in [0, 0.05) is 17.3 Å². The molecule has 6 atom stereocenters. The SMILES string of the molecule is Nc1ncnc2c1ncn2[C@@H]1O[C@H](C[S+](CC[C@@H](N)C(=O)O)CC(=O)O)[C@@H](O)[C@H]1O. The molecule has 30 heavy (non-hydrogen) atoms. The summed E-state index contributed by atoms with van der Waals surface area (Å²) in [5.41, 5.74) is 11.9. The minimum absolute atomic E-state index is 0.0862. The Kier molecular flexibility index (Phi) is 6.72. The van der Waals surface area contributed by atoms with Crippen molar-refractivity contribution in [1.29, 1.82) is 0 Å². The van der Waals surface area contributed by atoms with Crippen LogP contribution in [0.4, 0.5) is 5.82 Å². The molecule has 1 aliphatic heterocycles. The quantitative estimate of drug-likeness (QED) is 0.222. The van der Waals surface area contributed by atoms with Gasteiger partial charge in [0.15, 0.2) is 17.7 Å². The number of carboxylic acid groups (broad SMARTS) is 2. The first-order valence-electron chi connectivity index (χ1n) is 8.98. The van der Waals surface area contributed by atoms with Gasteiger partial charge < -0.3 is 36.6 Å². The summed E-state index contributed by atoms with van der Waals surface area (Å²) in [6, 6.07) is -1.11. The van der Waals surface area contributed by atoms with Gasteiger partial charge in [-0.1, -0.05) is 0 Å². The molecule has 8 N–H and O–H groups in total. The highest BCUT2D eigenvalue weighted by Crippen LogP contribution is 2.33. The highest BCUT2D eigenvalue weighted by molar-refractivity contribution is 7.97. The average Bonchev–Trinajstić information content (AvgIpc) is 3.22. The maximum Gasteiger partial charge on any atom is 0.353 e. The zero-order valence-electron chi connectivity index (χ0n) is 15.7. The molecule has 1 fully saturated rings. The summed E-state index contributed by atoms with van der Waals surface area (Å²) >= 11 is 0. The molecule has 1 saturated heterocycles. The monoisotopic (exact) mass is 443 g/mol. The zero-order chi connectivity index (χ0) is 22.0. The number of hydrogen-bond acceptors (Lipinski definition) is 10. The number of nitrogens with two attached hydrogens (primary N) is 2. The number of hydrogen-bond donors (Lipinski definition) is 6. The van der Waals surface area contributed by atoms with Gasteiger partial charge >= 0.3 is 11.9 Å². The van der Waals surface area contributed by atoms with Crippen molar-refractivity contribution in [3.05, 3.63) is 12.7 Å². The molecule has 164 valence electrons. The second-order valence-corrected chi connectivity index (χ2v) is 9.14. The second-order valence-electron chi connectivity index (χ2n) is 6.88. The molecule has 0 spiro atoms. The van der Waals surface area contributed by atoms with Crippen molar-refractivity contribution in [2.75, 3.05) is 23.0 Å². The smallest absolute Gasteiger partial charge is 0.353 e. The topological polar surface area (TPSA) is 220 Å². The summed E-state index contributed by atoms with van der Waals surface area (Å²) in [6.07, 6.45) is -1.80. The van der Waals surface area contributed by atoms with Crippen LogP contribution >= 0.6 is 0 Å². The van der Waals surface area contributed by atoms with Crippen molar-refractivity contribution in [3.63, 3.8) is 0 Å². The molecule has 13 nitrogen and oxygen atoms in total. The van der Waals surface area contributed by atoms with Gasteiger partial charge in [0.05, 0.1) is 6.33 Å². The fraction of sp³-hybridized carbons (Fsp3) is 0.562. The Morgan fingerprint density at radius 1 is 1.23 bits per heavy atom. The molecule has 3 rings (SSSR count). The van der Waals surface area contributed by atoms with E-state index >= 15 is 0 Å². The van der Waals surface area contributed by atoms with E-state index in [1.807, 2.05) is 0 Å². The van der Waals surface area contributed by atoms with Crippen LogP contribution in [0.15, 0.2) is 12.7 Å². The molecule has 0 aromatic carbocycles. The molecule has 0 radical (unpaired) electrons. The lowest BCUT2D eigenvalue weighted by Gasteiger charge is -2.16. The Bertz CT molecular complexity index is 927. The van der Waals surface area contributed by atoms with Crippen LogP contribution in [0.3, 0.4) is 0 Å². The molecule has 2 aromatic heterocycles. The fourth-order valence-corrected chi connectivity index (χ4v) is 5.30. The van der Waals surface area contributed by atoms with E-state index in [1.54, 1.807) is 0 Å². The summed E-state index contributed by atoms with van der Waals surface area (Å²) in [6.45, 7) is 0. The van der Waals surface area contributed by atoms with E-state index in [1.165, 1.54) is 17.2 Å². The number of aliphatic carboxylic acids is 2. The lowest BCUT2D eigenvalue weighted by molar-refractivity contribution is -0.138. The van der Waals surface area contributed by atoms with Crippen molar-refractivity contribution < 1.29 is 34.8 Å². The number of nitrogen functional groups attached to an aromatic ring is 1. The first-order valence-corrected chi connectivity index (χ1v) is 10.7. The van der Waals surface area contributed by atoms with E-state index in [-0.39, 0.29) is 29.5 Å². The number of fused-ring (bicyclic) bond motifs is 1. The standard InChI is InChI=1S/C16H22N6O7S/c17-7(16(27)28)1-2-30(4-9(23)24)3-8-11(25)12(26)15(29-8)22-6-21-10-13(18)19-5-20-14(10)22/h5-8,11-12,15,25-26H,1-4,17H2,(H3-,18,19,20,23,24,27,28)/p+1/t7-,8-,11-,12-,15-,30?/m1/s1. The average molecular weight is 443 g/mol. The predicted molar refractivity (Wildman–Crippen MR) is 105 cm³/mol. The number of ether oxygens (including phenoxy) is 1. The number of carboxylic acids is 2. The molecular formula is C16H23N6O7S+. The minimum Gasteiger partial charge on any atom is -0.480 e. The fourth-order valence-electron chi connectivity index (χ4n) is 3.19. The van der Waals surface area contributed by atoms with Crippen LogP contribution in [-0.2, 0) is 25.2 Å². The van der Waals surface area contributed by atoms with E-state index < -0.39 is 53.4 Å². The molecule has 0 saturated carbocycles. The van der Waals surface area contributed by atoms with Gasteiger partial charge in [-0.3, -0.25) is 9.36 Å². The van der Waals surface area contributed by atoms with E-state index in [9.17, 15) is 19.8 Å². The molecule has 2 aromatic rings. The maximum absolute atomic E-state index is 11.2. The highest BCUT2D eigenvalue weighted by Gasteiger charge is 2.47. The second kappa shape index (κ2) is 9.09. The van der Waals surface area contributed by atoms with Gasteiger partial charge in [0.25, 0.3) is 0 Å². The van der Waals surface area contributed by atoms with Crippen molar-refractivity contribution in [2.45, 2.75) is 37.0 Å². The number of nitrogens with zero attached hydrogens (tertiary/aromatic N) is 4. The predicted octanol–water partition coefficient (Wildman–Crippen LogP) is -2.47. The number of aromatic nitrogens is 4. The first kappa shape index (κ1) is 22.2. The van der Waals surface area contributed by atoms with Crippen LogP contribution in [0.25, 0.3) is 11.2 Å². The number of imidazole rings is 1. The van der Waals surface area contributed by atoms with Gasteiger partial charge in [-0.2, -0.15) is 0 Å². The normalized spacial score (nSPS) is 26.0. The number of aliphatic hydroxyl groups excluding tert-OH is 2. The summed E-state index contributed by atoms with van der Waals surface area (Å²) in [7, 11) is -0.819. The van der Waals surface area contributed by atoms with Gasteiger partial charge in [0.1, 0.15) is 47.7 Å². The van der Waals surface area contributed by atoms with Gasteiger partial charge in [0.2, 0.25) is 5.75 Å². The van der Waals surface area contributed by atoms with Crippen LogP contribution in [-0.4, -0.2) is 93.5 Å². The van der Waals surface area contributed by atoms with Crippen LogP contribution < -0.4 is 11.5 Å². The zero-order valence-corrected chi connectivity index (χ0v) is 16.6. The molecule has 0 amide bonds. The third-order valence-electron chi connectivity index (χ3n) is 4.76. The summed E-state index contributed by atoms with van der Waals surface area (Å²) in [5.74, 6) is -1.94. The van der Waals surface area contributed by atoms with Gasteiger partial charge in [-0.25, -0.2) is 19.7 Å². The molecule has 14 heteroatoms. The Morgan fingerprint density at radius 2 is 1.97 bits per heavy atom. The number of aliphatic hydroxyl groups is 2. The lowest BCUT2D eigenvalue weighted by Crippen LogP contribution is -2.39. The Morgan fingerprint density at radius 3 is 2.63 bits per heavy atom. The highest BCUT2D eigenvalue weighted by atomic mass is 32.2. The van der Waals surface area contributed by atoms with E-state index in [2.05, 4.69) is 15.0 Å². The molecule has 0 aliphatic carbocycles. The van der Waals surface area contributed by atoms with Crippen LogP contribution in [0.5, 0.6) is 0 Å². The van der Waals surface area contributed by atoms with Crippen LogP contribution in [0.2, 0.25) is 0 Å². The minimum atomic E-state index is -1.32. The Labute approximate surface area is 173 Å². The summed E-state index contributed by atoms with van der Waals surface area (Å²) in [4.78, 5) is 34.2. The Hall–Kier alpha value is -2.52. The third-order valence-corrected chi connectivity index (χ3v) is 7.03. The maximum atomic E-state index is 11.2. The van der Waals surface area contributed by atoms with Gasteiger partial charge in [-0.15, -0.1) is 0 Å². The summed E-state index contributed by atoms with van der Waals surface area (Å²) < 4.78 is 7.26. The lowest BCUT2D eigenvalue weighted by atomic mass is 10.1. The van der Waals surface area contributed by atoms with Crippen molar-refractivity contribution in [1.82, 2.24) is 19.5 Å². The molecular weight excluding hydrogens is 420 g/mol. The third kappa shape index (κ3) is 4.62. The van der Waals surface area contributed by atoms with Crippen LogP contribution in [0.1, 0.15) is 12.6 Å². The molecule has 3 heterocycles. The van der Waals surface area contributed by atoms with Crippen LogP contribution in [0, 0.1) is 0 Å². The number of carbonyl (C=O) groups is 2. The van der Waals surface area contributed by atoms with Crippen molar-refractivity contribution >= 4 is 39.8 Å². The summed E-state index contributed by atoms with van der Waals surface area (Å²) in [5, 5.41) is 39.1. The number of rotatable bonds is 9. The molecule has 0 bridgehead atoms. The van der Waals surface area contributed by atoms with E-state index in [4.69, 9.17) is 26.4 Å². The van der Waals surface area contributed by atoms with E-state index in [0.29, 0.717) is 11.2 Å². The largest absolute Gasteiger partial charge is 0.480 e. The molecule has 1 unspecified atom stereocenters. The van der Waals surface area contributed by atoms with Gasteiger partial charge in [-0.05, 0) is 0 Å². The first-order chi connectivity index (χ1) is 14.2. The van der Waals surface area contributed by atoms with Crippen molar-refractivity contribution in [3.8, 4) is 0 Å².